The first-order valence-electron chi connectivity index (χ1n) is 6.26. The quantitative estimate of drug-likeness (QED) is 0.731. The number of anilines is 1. The summed E-state index contributed by atoms with van der Waals surface area (Å²) < 4.78 is 27.3. The Bertz CT molecular complexity index is 745. The molecule has 0 atom stereocenters. The van der Waals surface area contributed by atoms with Crippen LogP contribution in [0, 0.1) is 6.92 Å². The molecular weight excluding hydrogens is 374 g/mol. The van der Waals surface area contributed by atoms with E-state index in [2.05, 4.69) is 15.9 Å². The molecule has 2 rings (SSSR count). The molecule has 0 saturated heterocycles. The van der Waals surface area contributed by atoms with Crippen LogP contribution in [0.4, 0.5) is 5.69 Å². The summed E-state index contributed by atoms with van der Waals surface area (Å²) in [4.78, 5) is 0.212. The molecular formula is C15H15BrClNO2S. The number of hydrogen-bond donors (Lipinski definition) is 0. The standard InChI is InChI=1S/C15H15BrClNO2S/c1-11-3-6-13(7-4-11)18(2)21(19,20)15-9-12(10-17)5-8-14(15)16/h3-9H,10H2,1-2H3. The zero-order valence-corrected chi connectivity index (χ0v) is 14.8. The smallest absolute Gasteiger partial charge is 0.265 e. The number of halogens is 2. The third-order valence-corrected chi connectivity index (χ3v) is 6.27. The van der Waals surface area contributed by atoms with E-state index in [4.69, 9.17) is 11.6 Å². The van der Waals surface area contributed by atoms with Crippen molar-refractivity contribution in [2.24, 2.45) is 0 Å². The fraction of sp³-hybridized carbons (Fsp3) is 0.200. The van der Waals surface area contributed by atoms with Crippen molar-refractivity contribution in [2.75, 3.05) is 11.4 Å². The Labute approximate surface area is 138 Å². The van der Waals surface area contributed by atoms with E-state index in [-0.39, 0.29) is 10.8 Å². The van der Waals surface area contributed by atoms with Crippen LogP contribution in [0.25, 0.3) is 0 Å². The number of benzene rings is 2. The van der Waals surface area contributed by atoms with E-state index in [1.165, 1.54) is 4.31 Å². The molecule has 0 aliphatic rings. The van der Waals surface area contributed by atoms with Crippen molar-refractivity contribution in [3.05, 3.63) is 58.1 Å². The summed E-state index contributed by atoms with van der Waals surface area (Å²) in [5.74, 6) is 0.268. The van der Waals surface area contributed by atoms with Gasteiger partial charge in [0, 0.05) is 17.4 Å². The van der Waals surface area contributed by atoms with Crippen molar-refractivity contribution < 1.29 is 8.42 Å². The summed E-state index contributed by atoms with van der Waals surface area (Å²) in [6.07, 6.45) is 0. The molecule has 0 amide bonds. The lowest BCUT2D eigenvalue weighted by molar-refractivity contribution is 0.594. The fourth-order valence-electron chi connectivity index (χ4n) is 1.87. The maximum Gasteiger partial charge on any atom is 0.265 e. The lowest BCUT2D eigenvalue weighted by atomic mass is 10.2. The van der Waals surface area contributed by atoms with Gasteiger partial charge >= 0.3 is 0 Å². The van der Waals surface area contributed by atoms with Gasteiger partial charge in [-0.2, -0.15) is 0 Å². The van der Waals surface area contributed by atoms with Gasteiger partial charge in [-0.15, -0.1) is 11.6 Å². The Kier molecular flexibility index (Phi) is 4.96. The molecule has 0 aliphatic heterocycles. The number of rotatable bonds is 4. The highest BCUT2D eigenvalue weighted by Gasteiger charge is 2.24. The van der Waals surface area contributed by atoms with Crippen molar-refractivity contribution in [1.29, 1.82) is 0 Å². The predicted molar refractivity (Wildman–Crippen MR) is 90.5 cm³/mol. The molecule has 0 spiro atoms. The minimum atomic E-state index is -3.64. The van der Waals surface area contributed by atoms with Crippen LogP contribution in [0.3, 0.4) is 0 Å². The summed E-state index contributed by atoms with van der Waals surface area (Å²) in [6, 6.07) is 12.4. The van der Waals surface area contributed by atoms with Gasteiger partial charge in [-0.25, -0.2) is 8.42 Å². The van der Waals surface area contributed by atoms with Gasteiger partial charge in [0.2, 0.25) is 0 Å². The predicted octanol–water partition coefficient (Wildman–Crippen LogP) is 4.32. The summed E-state index contributed by atoms with van der Waals surface area (Å²) in [5.41, 5.74) is 2.45. The van der Waals surface area contributed by atoms with Crippen molar-refractivity contribution in [2.45, 2.75) is 17.7 Å². The topological polar surface area (TPSA) is 37.4 Å². The highest BCUT2D eigenvalue weighted by molar-refractivity contribution is 9.10. The molecule has 21 heavy (non-hydrogen) atoms. The second kappa shape index (κ2) is 6.38. The first-order chi connectivity index (χ1) is 9.86. The summed E-state index contributed by atoms with van der Waals surface area (Å²) in [6.45, 7) is 1.96. The van der Waals surface area contributed by atoms with Gasteiger partial charge in [-0.1, -0.05) is 23.8 Å². The molecule has 0 radical (unpaired) electrons. The summed E-state index contributed by atoms with van der Waals surface area (Å²) in [5, 5.41) is 0. The molecule has 0 aliphatic carbocycles. The second-order valence-corrected chi connectivity index (χ2v) is 7.77. The van der Waals surface area contributed by atoms with E-state index in [0.717, 1.165) is 11.1 Å². The Hall–Kier alpha value is -1.04. The number of sulfonamides is 1. The summed E-state index contributed by atoms with van der Waals surface area (Å²) in [7, 11) is -2.10. The van der Waals surface area contributed by atoms with Crippen molar-refractivity contribution in [3.63, 3.8) is 0 Å². The highest BCUT2D eigenvalue weighted by Crippen LogP contribution is 2.29. The van der Waals surface area contributed by atoms with Crippen molar-refractivity contribution in [3.8, 4) is 0 Å². The summed E-state index contributed by atoms with van der Waals surface area (Å²) >= 11 is 9.09. The molecule has 3 nitrogen and oxygen atoms in total. The zero-order valence-electron chi connectivity index (χ0n) is 11.7. The Morgan fingerprint density at radius 1 is 1.14 bits per heavy atom. The molecule has 2 aromatic carbocycles. The number of hydrogen-bond acceptors (Lipinski definition) is 2. The van der Waals surface area contributed by atoms with Crippen LogP contribution < -0.4 is 4.31 Å². The third-order valence-electron chi connectivity index (χ3n) is 3.19. The molecule has 0 heterocycles. The molecule has 0 fully saturated rings. The van der Waals surface area contributed by atoms with Gasteiger partial charge in [-0.05, 0) is 52.7 Å². The average Bonchev–Trinajstić information content (AvgIpc) is 2.47. The minimum absolute atomic E-state index is 0.212. The normalized spacial score (nSPS) is 11.4. The lowest BCUT2D eigenvalue weighted by Crippen LogP contribution is -2.27. The van der Waals surface area contributed by atoms with Gasteiger partial charge in [0.1, 0.15) is 4.90 Å². The number of alkyl halides is 1. The van der Waals surface area contributed by atoms with Crippen molar-refractivity contribution >= 4 is 43.2 Å². The number of aryl methyl sites for hydroxylation is 1. The first kappa shape index (κ1) is 16.3. The maximum atomic E-state index is 12.8. The van der Waals surface area contributed by atoms with Gasteiger partial charge in [-0.3, -0.25) is 4.31 Å². The monoisotopic (exact) mass is 387 g/mol. The van der Waals surface area contributed by atoms with Gasteiger partial charge in [0.25, 0.3) is 10.0 Å². The number of nitrogens with zero attached hydrogens (tertiary/aromatic N) is 1. The van der Waals surface area contributed by atoms with Gasteiger partial charge in [0.15, 0.2) is 0 Å². The molecule has 2 aromatic rings. The third kappa shape index (κ3) is 3.42. The molecule has 0 saturated carbocycles. The first-order valence-corrected chi connectivity index (χ1v) is 9.03. The largest absolute Gasteiger partial charge is 0.269 e. The minimum Gasteiger partial charge on any atom is -0.269 e. The van der Waals surface area contributed by atoms with Gasteiger partial charge < -0.3 is 0 Å². The van der Waals surface area contributed by atoms with E-state index in [1.54, 1.807) is 37.4 Å². The molecule has 0 bridgehead atoms. The molecule has 112 valence electrons. The van der Waals surface area contributed by atoms with Crippen molar-refractivity contribution in [1.82, 2.24) is 0 Å². The Morgan fingerprint density at radius 2 is 1.76 bits per heavy atom. The lowest BCUT2D eigenvalue weighted by Gasteiger charge is -2.20. The molecule has 6 heteroatoms. The highest BCUT2D eigenvalue weighted by atomic mass is 79.9. The molecule has 0 aromatic heterocycles. The van der Waals surface area contributed by atoms with Gasteiger partial charge in [0.05, 0.1) is 5.69 Å². The average molecular weight is 389 g/mol. The van der Waals surface area contributed by atoms with E-state index in [1.807, 2.05) is 19.1 Å². The SMILES string of the molecule is Cc1ccc(N(C)S(=O)(=O)c2cc(CCl)ccc2Br)cc1. The van der Waals surface area contributed by atoms with Crippen LogP contribution >= 0.6 is 27.5 Å². The van der Waals surface area contributed by atoms with Crippen LogP contribution in [0.1, 0.15) is 11.1 Å². The molecule has 0 unspecified atom stereocenters. The van der Waals surface area contributed by atoms with E-state index < -0.39 is 10.0 Å². The molecule has 0 N–H and O–H groups in total. The van der Waals surface area contributed by atoms with Crippen LogP contribution in [0.2, 0.25) is 0 Å². The maximum absolute atomic E-state index is 12.8. The van der Waals surface area contributed by atoms with Crippen LogP contribution in [0.5, 0.6) is 0 Å². The van der Waals surface area contributed by atoms with E-state index in [9.17, 15) is 8.42 Å². The zero-order chi connectivity index (χ0) is 15.6. The van der Waals surface area contributed by atoms with Crippen LogP contribution in [-0.2, 0) is 15.9 Å². The second-order valence-electron chi connectivity index (χ2n) is 4.71. The fourth-order valence-corrected chi connectivity index (χ4v) is 4.21. The Morgan fingerprint density at radius 3 is 2.33 bits per heavy atom. The van der Waals surface area contributed by atoms with Crippen LogP contribution in [0.15, 0.2) is 51.8 Å². The van der Waals surface area contributed by atoms with Crippen LogP contribution in [-0.4, -0.2) is 15.5 Å². The van der Waals surface area contributed by atoms with E-state index in [0.29, 0.717) is 10.2 Å². The van der Waals surface area contributed by atoms with E-state index >= 15 is 0 Å². The Balaban J connectivity index is 2.48.